The minimum absolute atomic E-state index is 0.290. The number of allylic oxidation sites excluding steroid dienone is 1. The van der Waals surface area contributed by atoms with Gasteiger partial charge in [-0.25, -0.2) is 0 Å². The molecule has 1 aliphatic heterocycles. The lowest BCUT2D eigenvalue weighted by molar-refractivity contribution is 0.433. The summed E-state index contributed by atoms with van der Waals surface area (Å²) < 4.78 is 0. The van der Waals surface area contributed by atoms with E-state index in [0.717, 1.165) is 5.92 Å². The summed E-state index contributed by atoms with van der Waals surface area (Å²) in [6.45, 7) is 4.24. The zero-order chi connectivity index (χ0) is 9.68. The highest BCUT2D eigenvalue weighted by atomic mass is 32.2. The molecule has 1 aliphatic rings. The van der Waals surface area contributed by atoms with Crippen LogP contribution in [-0.4, -0.2) is 17.5 Å². The summed E-state index contributed by atoms with van der Waals surface area (Å²) in [7, 11) is 0. The molecule has 0 amide bonds. The Hall–Kier alpha value is 0.0500. The lowest BCUT2D eigenvalue weighted by Gasteiger charge is -2.23. The van der Waals surface area contributed by atoms with Crippen LogP contribution in [0, 0.1) is 5.92 Å². The number of thioether (sulfide) groups is 1. The summed E-state index contributed by atoms with van der Waals surface area (Å²) in [6, 6.07) is 0.290. The van der Waals surface area contributed by atoms with Crippen LogP contribution in [0.25, 0.3) is 0 Å². The minimum atomic E-state index is 0.290. The lowest BCUT2D eigenvalue weighted by atomic mass is 9.94. The van der Waals surface area contributed by atoms with Gasteiger partial charge in [0.25, 0.3) is 0 Å². The second-order valence-corrected chi connectivity index (χ2v) is 5.42. The van der Waals surface area contributed by atoms with E-state index in [1.54, 1.807) is 0 Å². The van der Waals surface area contributed by atoms with Crippen molar-refractivity contribution in [2.24, 2.45) is 11.7 Å². The van der Waals surface area contributed by atoms with E-state index in [1.807, 2.05) is 0 Å². The lowest BCUT2D eigenvalue weighted by Crippen LogP contribution is -2.23. The summed E-state index contributed by atoms with van der Waals surface area (Å²) in [5.41, 5.74) is 7.37. The molecule has 1 heterocycles. The van der Waals surface area contributed by atoms with Crippen LogP contribution in [0.3, 0.4) is 0 Å². The summed E-state index contributed by atoms with van der Waals surface area (Å²) >= 11 is 2.08. The zero-order valence-electron chi connectivity index (χ0n) is 8.75. The Morgan fingerprint density at radius 1 is 1.46 bits per heavy atom. The van der Waals surface area contributed by atoms with Crippen LogP contribution in [0.1, 0.15) is 33.1 Å². The highest BCUT2D eigenvalue weighted by molar-refractivity contribution is 7.99. The Balaban J connectivity index is 2.26. The Kier molecular flexibility index (Phi) is 4.89. The van der Waals surface area contributed by atoms with E-state index in [-0.39, 0.29) is 6.04 Å². The van der Waals surface area contributed by atoms with Gasteiger partial charge < -0.3 is 5.73 Å². The molecule has 0 aliphatic carbocycles. The van der Waals surface area contributed by atoms with Gasteiger partial charge in [-0.15, -0.1) is 0 Å². The first-order valence-corrected chi connectivity index (χ1v) is 6.32. The fraction of sp³-hybridized carbons (Fsp3) is 0.818. The van der Waals surface area contributed by atoms with E-state index in [2.05, 4.69) is 31.7 Å². The maximum absolute atomic E-state index is 6.02. The van der Waals surface area contributed by atoms with Crippen molar-refractivity contribution in [1.29, 1.82) is 0 Å². The van der Waals surface area contributed by atoms with Crippen molar-refractivity contribution >= 4 is 11.8 Å². The van der Waals surface area contributed by atoms with E-state index < -0.39 is 0 Å². The summed E-state index contributed by atoms with van der Waals surface area (Å²) in [5, 5.41) is 0. The molecule has 13 heavy (non-hydrogen) atoms. The van der Waals surface area contributed by atoms with E-state index in [1.165, 1.54) is 36.3 Å². The van der Waals surface area contributed by atoms with E-state index in [4.69, 9.17) is 5.73 Å². The van der Waals surface area contributed by atoms with Crippen LogP contribution in [-0.2, 0) is 0 Å². The summed E-state index contributed by atoms with van der Waals surface area (Å²) in [6.07, 6.45) is 6.12. The molecule has 1 fully saturated rings. The zero-order valence-corrected chi connectivity index (χ0v) is 9.57. The van der Waals surface area contributed by atoms with Crippen molar-refractivity contribution in [2.75, 3.05) is 11.5 Å². The first kappa shape index (κ1) is 11.1. The minimum Gasteiger partial charge on any atom is -0.324 e. The fourth-order valence-electron chi connectivity index (χ4n) is 1.86. The average Bonchev–Trinajstić information content (AvgIpc) is 2.04. The normalized spacial score (nSPS) is 21.2. The Morgan fingerprint density at radius 2 is 2.08 bits per heavy atom. The fourth-order valence-corrected chi connectivity index (χ4v) is 3.07. The van der Waals surface area contributed by atoms with Crippen LogP contribution in [0.5, 0.6) is 0 Å². The van der Waals surface area contributed by atoms with Crippen molar-refractivity contribution in [3.8, 4) is 0 Å². The first-order valence-electron chi connectivity index (χ1n) is 5.17. The molecule has 0 bridgehead atoms. The smallest absolute Gasteiger partial charge is 0.0228 e. The van der Waals surface area contributed by atoms with Gasteiger partial charge in [-0.2, -0.15) is 11.8 Å². The second kappa shape index (κ2) is 5.71. The Labute approximate surface area is 86.2 Å². The summed E-state index contributed by atoms with van der Waals surface area (Å²) in [4.78, 5) is 0. The topological polar surface area (TPSA) is 26.0 Å². The van der Waals surface area contributed by atoms with Gasteiger partial charge in [-0.1, -0.05) is 11.6 Å². The summed E-state index contributed by atoms with van der Waals surface area (Å²) in [5.74, 6) is 3.56. The van der Waals surface area contributed by atoms with Crippen molar-refractivity contribution in [2.45, 2.75) is 39.2 Å². The molecule has 0 aromatic rings. The third kappa shape index (κ3) is 4.72. The Bertz CT molecular complexity index is 167. The standard InChI is InChI=1S/C11H21NS/c1-9(2)7-11(12)8-10-3-5-13-6-4-10/h7,10-11H,3-6,8,12H2,1-2H3. The predicted octanol–water partition coefficient (Wildman–Crippen LogP) is 2.81. The van der Waals surface area contributed by atoms with Crippen LogP contribution in [0.2, 0.25) is 0 Å². The van der Waals surface area contributed by atoms with Gasteiger partial charge in [0.2, 0.25) is 0 Å². The molecule has 0 spiro atoms. The van der Waals surface area contributed by atoms with Gasteiger partial charge in [0.05, 0.1) is 0 Å². The van der Waals surface area contributed by atoms with Gasteiger partial charge >= 0.3 is 0 Å². The van der Waals surface area contributed by atoms with Crippen molar-refractivity contribution in [1.82, 2.24) is 0 Å². The predicted molar refractivity (Wildman–Crippen MR) is 62.1 cm³/mol. The average molecular weight is 199 g/mol. The molecular formula is C11H21NS. The van der Waals surface area contributed by atoms with Gasteiger partial charge in [0, 0.05) is 6.04 Å². The molecule has 0 saturated carbocycles. The first-order chi connectivity index (χ1) is 6.18. The second-order valence-electron chi connectivity index (χ2n) is 4.20. The molecule has 1 unspecified atom stereocenters. The van der Waals surface area contributed by atoms with Crippen LogP contribution in [0.4, 0.5) is 0 Å². The van der Waals surface area contributed by atoms with Crippen LogP contribution >= 0.6 is 11.8 Å². The van der Waals surface area contributed by atoms with Gasteiger partial charge in [-0.05, 0) is 50.5 Å². The third-order valence-corrected chi connectivity index (χ3v) is 3.54. The molecule has 0 radical (unpaired) electrons. The Morgan fingerprint density at radius 3 is 2.62 bits per heavy atom. The van der Waals surface area contributed by atoms with Crippen molar-refractivity contribution in [3.05, 3.63) is 11.6 Å². The van der Waals surface area contributed by atoms with Crippen LogP contribution < -0.4 is 5.73 Å². The SMILES string of the molecule is CC(C)=CC(N)CC1CCSCC1. The molecule has 2 heteroatoms. The van der Waals surface area contributed by atoms with Gasteiger partial charge in [-0.3, -0.25) is 0 Å². The van der Waals surface area contributed by atoms with Gasteiger partial charge in [0.1, 0.15) is 0 Å². The molecule has 1 atom stereocenters. The number of hydrogen-bond donors (Lipinski definition) is 1. The molecule has 1 nitrogen and oxygen atoms in total. The highest BCUT2D eigenvalue weighted by Crippen LogP contribution is 2.26. The maximum Gasteiger partial charge on any atom is 0.0228 e. The number of rotatable bonds is 3. The third-order valence-electron chi connectivity index (χ3n) is 2.49. The molecule has 0 aromatic heterocycles. The monoisotopic (exact) mass is 199 g/mol. The van der Waals surface area contributed by atoms with Gasteiger partial charge in [0.15, 0.2) is 0 Å². The van der Waals surface area contributed by atoms with E-state index in [0.29, 0.717) is 0 Å². The number of nitrogens with two attached hydrogens (primary N) is 1. The molecule has 0 aromatic carbocycles. The molecular weight excluding hydrogens is 178 g/mol. The van der Waals surface area contributed by atoms with Crippen LogP contribution in [0.15, 0.2) is 11.6 Å². The molecule has 1 saturated heterocycles. The molecule has 1 rings (SSSR count). The largest absolute Gasteiger partial charge is 0.324 e. The maximum atomic E-state index is 6.02. The van der Waals surface area contributed by atoms with Crippen molar-refractivity contribution < 1.29 is 0 Å². The highest BCUT2D eigenvalue weighted by Gasteiger charge is 2.15. The van der Waals surface area contributed by atoms with E-state index in [9.17, 15) is 0 Å². The quantitative estimate of drug-likeness (QED) is 0.707. The van der Waals surface area contributed by atoms with E-state index >= 15 is 0 Å². The molecule has 2 N–H and O–H groups in total. The molecule has 76 valence electrons. The number of hydrogen-bond acceptors (Lipinski definition) is 2. The van der Waals surface area contributed by atoms with Crippen molar-refractivity contribution in [3.63, 3.8) is 0 Å².